The quantitative estimate of drug-likeness (QED) is 0.202. The van der Waals surface area contributed by atoms with E-state index in [4.69, 9.17) is 14.8 Å². The number of nitrogens with one attached hydrogen (secondary N) is 4. The Balaban J connectivity index is 1.32. The Morgan fingerprint density at radius 1 is 0.909 bits per heavy atom. The van der Waals surface area contributed by atoms with Crippen LogP contribution in [0.25, 0.3) is 0 Å². The third-order valence-corrected chi connectivity index (χ3v) is 9.67. The van der Waals surface area contributed by atoms with Crippen LogP contribution in [0.2, 0.25) is 0 Å². The molecule has 4 heterocycles. The lowest BCUT2D eigenvalue weighted by Gasteiger charge is -2.25. The van der Waals surface area contributed by atoms with Crippen LogP contribution >= 0.6 is 0 Å². The smallest absolute Gasteiger partial charge is 0.250 e. The zero-order chi connectivity index (χ0) is 38.9. The fraction of sp³-hybridized carbons (Fsp3) is 0.439. The van der Waals surface area contributed by atoms with Gasteiger partial charge >= 0.3 is 0 Å². The Bertz CT molecular complexity index is 2010. The maximum atomic E-state index is 14.0. The first-order valence-electron chi connectivity index (χ1n) is 19.0. The predicted octanol–water partition coefficient (Wildman–Crippen LogP) is 2.65. The molecule has 14 heteroatoms. The number of rotatable bonds is 9. The highest BCUT2D eigenvalue weighted by molar-refractivity contribution is 5.92. The number of ether oxygens (including phenoxy) is 1. The van der Waals surface area contributed by atoms with Crippen LogP contribution in [-0.2, 0) is 51.5 Å². The molecule has 4 amide bonds. The molecule has 2 bridgehead atoms. The summed E-state index contributed by atoms with van der Waals surface area (Å²) in [6, 6.07) is 18.3. The van der Waals surface area contributed by atoms with E-state index in [0.717, 1.165) is 24.0 Å². The Hall–Kier alpha value is -5.79. The van der Waals surface area contributed by atoms with E-state index in [1.807, 2.05) is 30.3 Å². The van der Waals surface area contributed by atoms with Gasteiger partial charge in [-0.25, -0.2) is 9.67 Å². The van der Waals surface area contributed by atoms with Gasteiger partial charge in [0.05, 0.1) is 12.1 Å². The average Bonchev–Trinajstić information content (AvgIpc) is 3.88. The van der Waals surface area contributed by atoms with E-state index in [1.165, 1.54) is 16.8 Å². The average molecular weight is 751 g/mol. The van der Waals surface area contributed by atoms with Gasteiger partial charge < -0.3 is 30.6 Å². The standard InChI is InChI=1S/C41H50N8O6/c1-26(2)19-31-25-55-32-16-14-29(15-17-32)21-34(44-36(50)23-48-18-8-7-11-38(48)52)41(54)42-27(3)40(53)45-33(20-28-9-5-4-6-10-28)39-46-35(22-30-12-13-30)47-49(39)24-37(51)43-31/h4-11,14-18,26-27,30-31,33-34H,12-13,19-25H2,1-3H3,(H,42,54)(H,43,51)(H,44,50)(H,45,53)/t27-,31+,33-,34+/m1/s1. The number of hydrogen-bond donors (Lipinski definition) is 4. The van der Waals surface area contributed by atoms with Gasteiger partial charge in [0.2, 0.25) is 23.6 Å². The Kier molecular flexibility index (Phi) is 12.8. The summed E-state index contributed by atoms with van der Waals surface area (Å²) in [4.78, 5) is 71.9. The van der Waals surface area contributed by atoms with Crippen LogP contribution < -0.4 is 31.6 Å². The normalized spacial score (nSPS) is 21.1. The third-order valence-electron chi connectivity index (χ3n) is 9.67. The summed E-state index contributed by atoms with van der Waals surface area (Å²) < 4.78 is 8.98. The largest absolute Gasteiger partial charge is 0.491 e. The number of hydrogen-bond acceptors (Lipinski definition) is 8. The summed E-state index contributed by atoms with van der Waals surface area (Å²) >= 11 is 0. The minimum atomic E-state index is -1.07. The van der Waals surface area contributed by atoms with Gasteiger partial charge in [-0.3, -0.25) is 24.0 Å². The summed E-state index contributed by atoms with van der Waals surface area (Å²) in [7, 11) is 0. The van der Waals surface area contributed by atoms with Gasteiger partial charge in [0.1, 0.15) is 37.5 Å². The van der Waals surface area contributed by atoms with Crippen LogP contribution in [0.4, 0.5) is 0 Å². The second-order valence-corrected chi connectivity index (χ2v) is 15.0. The zero-order valence-corrected chi connectivity index (χ0v) is 31.6. The molecule has 1 saturated carbocycles. The topological polar surface area (TPSA) is 178 Å². The number of fused-ring (bicyclic) bond motifs is 14. The molecule has 0 unspecified atom stereocenters. The molecule has 0 radical (unpaired) electrons. The lowest BCUT2D eigenvalue weighted by Crippen LogP contribution is -2.54. The van der Waals surface area contributed by atoms with Crippen molar-refractivity contribution in [2.45, 2.75) is 96.6 Å². The van der Waals surface area contributed by atoms with E-state index in [9.17, 15) is 24.0 Å². The molecule has 4 N–H and O–H groups in total. The molecule has 7 rings (SSSR count). The molecule has 14 nitrogen and oxygen atoms in total. The molecule has 0 saturated heterocycles. The molecule has 2 aromatic carbocycles. The first-order chi connectivity index (χ1) is 26.5. The van der Waals surface area contributed by atoms with Crippen molar-refractivity contribution in [2.24, 2.45) is 11.8 Å². The summed E-state index contributed by atoms with van der Waals surface area (Å²) in [5.74, 6) is 0.543. The number of pyridine rings is 1. The molecule has 0 spiro atoms. The first-order valence-corrected chi connectivity index (χ1v) is 19.0. The summed E-state index contributed by atoms with van der Waals surface area (Å²) in [6.45, 7) is 5.56. The van der Waals surface area contributed by atoms with Crippen LogP contribution in [0.5, 0.6) is 5.75 Å². The fourth-order valence-corrected chi connectivity index (χ4v) is 6.67. The van der Waals surface area contributed by atoms with E-state index < -0.39 is 35.8 Å². The summed E-state index contributed by atoms with van der Waals surface area (Å²) in [5, 5.41) is 16.6. The Morgan fingerprint density at radius 2 is 1.65 bits per heavy atom. The molecular formula is C41H50N8O6. The van der Waals surface area contributed by atoms with Gasteiger partial charge in [-0.1, -0.05) is 62.4 Å². The van der Waals surface area contributed by atoms with Crippen LogP contribution in [0.3, 0.4) is 0 Å². The molecule has 4 atom stereocenters. The van der Waals surface area contributed by atoms with E-state index in [-0.39, 0.29) is 49.5 Å². The van der Waals surface area contributed by atoms with E-state index in [2.05, 4.69) is 35.1 Å². The molecule has 55 heavy (non-hydrogen) atoms. The predicted molar refractivity (Wildman–Crippen MR) is 205 cm³/mol. The van der Waals surface area contributed by atoms with Gasteiger partial charge in [0.25, 0.3) is 5.56 Å². The minimum absolute atomic E-state index is 0.103. The number of benzene rings is 2. The number of carbonyl (C=O) groups is 4. The summed E-state index contributed by atoms with van der Waals surface area (Å²) in [6.07, 6.45) is 5.50. The molecule has 290 valence electrons. The van der Waals surface area contributed by atoms with Crippen molar-refractivity contribution in [1.29, 1.82) is 0 Å². The second kappa shape index (κ2) is 18.0. The molecule has 4 aromatic rings. The van der Waals surface area contributed by atoms with Crippen molar-refractivity contribution >= 4 is 23.6 Å². The van der Waals surface area contributed by atoms with Gasteiger partial charge in [0, 0.05) is 25.1 Å². The lowest BCUT2D eigenvalue weighted by atomic mass is 10.0. The monoisotopic (exact) mass is 750 g/mol. The molecule has 3 aliphatic rings. The van der Waals surface area contributed by atoms with Crippen molar-refractivity contribution in [3.05, 3.63) is 112 Å². The van der Waals surface area contributed by atoms with Crippen LogP contribution in [0, 0.1) is 11.8 Å². The van der Waals surface area contributed by atoms with Gasteiger partial charge in [-0.05, 0) is 73.8 Å². The van der Waals surface area contributed by atoms with Crippen molar-refractivity contribution in [3.63, 3.8) is 0 Å². The number of carbonyl (C=O) groups excluding carboxylic acids is 4. The third kappa shape index (κ3) is 11.4. The highest BCUT2D eigenvalue weighted by Gasteiger charge is 2.31. The molecule has 2 aliphatic heterocycles. The van der Waals surface area contributed by atoms with Crippen molar-refractivity contribution in [2.75, 3.05) is 6.61 Å². The van der Waals surface area contributed by atoms with Crippen LogP contribution in [0.1, 0.15) is 68.9 Å². The van der Waals surface area contributed by atoms with Crippen molar-refractivity contribution in [3.8, 4) is 5.75 Å². The Labute approximate surface area is 320 Å². The number of amides is 4. The molecule has 1 fully saturated rings. The summed E-state index contributed by atoms with van der Waals surface area (Å²) in [5.41, 5.74) is 1.31. The van der Waals surface area contributed by atoms with E-state index >= 15 is 0 Å². The van der Waals surface area contributed by atoms with Gasteiger partial charge in [0.15, 0.2) is 11.6 Å². The highest BCUT2D eigenvalue weighted by Crippen LogP contribution is 2.32. The van der Waals surface area contributed by atoms with E-state index in [1.54, 1.807) is 48.0 Å². The first kappa shape index (κ1) is 38.9. The van der Waals surface area contributed by atoms with Crippen molar-refractivity contribution in [1.82, 2.24) is 40.6 Å². The maximum Gasteiger partial charge on any atom is 0.250 e. The lowest BCUT2D eigenvalue weighted by molar-refractivity contribution is -0.132. The van der Waals surface area contributed by atoms with Crippen LogP contribution in [0.15, 0.2) is 83.8 Å². The number of aromatic nitrogens is 4. The molecule has 1 aliphatic carbocycles. The number of nitrogens with zero attached hydrogens (tertiary/aromatic N) is 4. The minimum Gasteiger partial charge on any atom is -0.491 e. The van der Waals surface area contributed by atoms with Crippen molar-refractivity contribution < 1.29 is 23.9 Å². The van der Waals surface area contributed by atoms with Gasteiger partial charge in [-0.2, -0.15) is 5.10 Å². The zero-order valence-electron chi connectivity index (χ0n) is 31.6. The highest BCUT2D eigenvalue weighted by atomic mass is 16.5. The fourth-order valence-electron chi connectivity index (χ4n) is 6.67. The van der Waals surface area contributed by atoms with Crippen LogP contribution in [-0.4, -0.2) is 67.7 Å². The van der Waals surface area contributed by atoms with E-state index in [0.29, 0.717) is 42.6 Å². The Morgan fingerprint density at radius 3 is 2.36 bits per heavy atom. The molecular weight excluding hydrogens is 701 g/mol. The molecule has 2 aromatic heterocycles. The maximum absolute atomic E-state index is 14.0. The van der Waals surface area contributed by atoms with Gasteiger partial charge in [-0.15, -0.1) is 0 Å². The second-order valence-electron chi connectivity index (χ2n) is 15.0. The SMILES string of the molecule is CC(C)C[C@H]1COc2ccc(cc2)C[C@H](NC(=O)Cn2ccccc2=O)C(=O)N[C@H](C)C(=O)N[C@H](Cc2ccccc2)c2nc(CC3CC3)nn2CC(=O)N1.